The summed E-state index contributed by atoms with van der Waals surface area (Å²) < 4.78 is 14.0. The van der Waals surface area contributed by atoms with E-state index in [4.69, 9.17) is 9.47 Å². The zero-order chi connectivity index (χ0) is 19.1. The fraction of sp³-hybridized carbons (Fsp3) is 0.400. The Morgan fingerprint density at radius 3 is 2.70 bits per heavy atom. The number of benzene rings is 1. The average Bonchev–Trinajstić information content (AvgIpc) is 2.67. The molecule has 2 aromatic rings. The van der Waals surface area contributed by atoms with Crippen molar-refractivity contribution in [3.63, 3.8) is 0 Å². The van der Waals surface area contributed by atoms with Gasteiger partial charge in [-0.15, -0.1) is 0 Å². The van der Waals surface area contributed by atoms with Gasteiger partial charge in [-0.05, 0) is 35.3 Å². The van der Waals surface area contributed by atoms with Crippen LogP contribution in [0.1, 0.15) is 41.6 Å². The van der Waals surface area contributed by atoms with Crippen molar-refractivity contribution in [1.29, 1.82) is 0 Å². The number of amides is 1. The molecule has 2 aliphatic rings. The van der Waals surface area contributed by atoms with Gasteiger partial charge in [0.05, 0.1) is 29.4 Å². The number of carbonyl (C=O) groups excluding carboxylic acids is 1. The molecule has 0 spiro atoms. The van der Waals surface area contributed by atoms with Crippen molar-refractivity contribution in [2.24, 2.45) is 0 Å². The number of carbonyl (C=O) groups is 1. The number of halogens is 1. The van der Waals surface area contributed by atoms with Gasteiger partial charge in [-0.1, -0.05) is 30.3 Å². The molecule has 1 atom stereocenters. The van der Waals surface area contributed by atoms with E-state index in [2.05, 4.69) is 15.9 Å². The molecular formula is C20H21BrN2O4. The Bertz CT molecular complexity index is 939. The lowest BCUT2D eigenvalue weighted by atomic mass is 10.1. The molecular weight excluding hydrogens is 412 g/mol. The maximum absolute atomic E-state index is 13.2. The number of hydrogen-bond donors (Lipinski definition) is 0. The molecule has 7 heteroatoms. The number of ether oxygens (including phenoxy) is 2. The highest BCUT2D eigenvalue weighted by Gasteiger charge is 2.40. The Labute approximate surface area is 165 Å². The van der Waals surface area contributed by atoms with Gasteiger partial charge in [0.2, 0.25) is 5.43 Å². The first-order valence-electron chi connectivity index (χ1n) is 9.01. The lowest BCUT2D eigenvalue weighted by Gasteiger charge is -2.42. The molecule has 1 aromatic carbocycles. The molecule has 0 aliphatic carbocycles. The second-order valence-corrected chi connectivity index (χ2v) is 7.93. The third-order valence-corrected chi connectivity index (χ3v) is 5.86. The first-order valence-corrected chi connectivity index (χ1v) is 9.80. The van der Waals surface area contributed by atoms with Crippen molar-refractivity contribution >= 4 is 21.8 Å². The van der Waals surface area contributed by atoms with E-state index in [-0.39, 0.29) is 35.8 Å². The molecule has 1 amide bonds. The predicted molar refractivity (Wildman–Crippen MR) is 104 cm³/mol. The van der Waals surface area contributed by atoms with E-state index in [9.17, 15) is 9.59 Å². The maximum atomic E-state index is 13.2. The first-order chi connectivity index (χ1) is 13.0. The highest BCUT2D eigenvalue weighted by molar-refractivity contribution is 9.10. The Kier molecular flexibility index (Phi) is 4.82. The molecule has 2 aliphatic heterocycles. The predicted octanol–water partition coefficient (Wildman–Crippen LogP) is 3.13. The maximum Gasteiger partial charge on any atom is 0.274 e. The lowest BCUT2D eigenvalue weighted by Crippen LogP contribution is -2.51. The van der Waals surface area contributed by atoms with Gasteiger partial charge in [-0.2, -0.15) is 0 Å². The van der Waals surface area contributed by atoms with E-state index in [1.165, 1.54) is 0 Å². The first kappa shape index (κ1) is 18.3. The van der Waals surface area contributed by atoms with Crippen LogP contribution in [0.15, 0.2) is 39.6 Å². The fourth-order valence-corrected chi connectivity index (χ4v) is 4.17. The number of pyridine rings is 1. The van der Waals surface area contributed by atoms with Gasteiger partial charge in [0, 0.05) is 12.6 Å². The minimum atomic E-state index is -0.310. The van der Waals surface area contributed by atoms with Crippen LogP contribution in [0.2, 0.25) is 0 Å². The summed E-state index contributed by atoms with van der Waals surface area (Å²) in [7, 11) is 0. The Morgan fingerprint density at radius 1 is 1.26 bits per heavy atom. The normalized spacial score (nSPS) is 18.6. The van der Waals surface area contributed by atoms with Crippen molar-refractivity contribution in [2.75, 3.05) is 13.2 Å². The van der Waals surface area contributed by atoms with E-state index in [1.807, 2.05) is 48.7 Å². The Morgan fingerprint density at radius 2 is 2.00 bits per heavy atom. The SMILES string of the molecule is CC(C)N1C[C@@H]2COCc3c(Br)c(=O)c(OCc4ccccc4)c(n32)C1=O. The molecule has 0 saturated carbocycles. The van der Waals surface area contributed by atoms with Crippen molar-refractivity contribution in [3.05, 3.63) is 62.0 Å². The van der Waals surface area contributed by atoms with Crippen LogP contribution in [0.5, 0.6) is 5.75 Å². The van der Waals surface area contributed by atoms with E-state index < -0.39 is 0 Å². The summed E-state index contributed by atoms with van der Waals surface area (Å²) >= 11 is 3.40. The molecule has 4 rings (SSSR count). The third kappa shape index (κ3) is 3.08. The van der Waals surface area contributed by atoms with Crippen LogP contribution in [0.3, 0.4) is 0 Å². The van der Waals surface area contributed by atoms with Gasteiger partial charge >= 0.3 is 0 Å². The minimum Gasteiger partial charge on any atom is -0.483 e. The molecule has 6 nitrogen and oxygen atoms in total. The van der Waals surface area contributed by atoms with E-state index in [0.717, 1.165) is 5.56 Å². The highest BCUT2D eigenvalue weighted by atomic mass is 79.9. The van der Waals surface area contributed by atoms with Crippen LogP contribution in [0, 0.1) is 0 Å². The van der Waals surface area contributed by atoms with Gasteiger partial charge in [0.1, 0.15) is 6.61 Å². The number of aromatic nitrogens is 1. The van der Waals surface area contributed by atoms with Crippen molar-refractivity contribution in [1.82, 2.24) is 9.47 Å². The van der Waals surface area contributed by atoms with Crippen molar-refractivity contribution in [3.8, 4) is 5.75 Å². The smallest absolute Gasteiger partial charge is 0.274 e. The molecule has 0 radical (unpaired) electrons. The highest BCUT2D eigenvalue weighted by Crippen LogP contribution is 2.35. The lowest BCUT2D eigenvalue weighted by molar-refractivity contribution is 0.0191. The van der Waals surface area contributed by atoms with E-state index in [1.54, 1.807) is 4.90 Å². The monoisotopic (exact) mass is 432 g/mol. The zero-order valence-electron chi connectivity index (χ0n) is 15.3. The standard InChI is InChI=1S/C20H21BrN2O4/c1-12(2)22-8-14-10-26-11-15-16(21)18(24)19(17(20(22)25)23(14)15)27-9-13-6-4-3-5-7-13/h3-7,12,14H,8-11H2,1-2H3/t14-/m1/s1. The van der Waals surface area contributed by atoms with Gasteiger partial charge in [0.25, 0.3) is 5.91 Å². The van der Waals surface area contributed by atoms with E-state index >= 15 is 0 Å². The summed E-state index contributed by atoms with van der Waals surface area (Å²) in [6.45, 7) is 5.53. The van der Waals surface area contributed by atoms with Gasteiger partial charge in [-0.25, -0.2) is 0 Å². The molecule has 0 saturated heterocycles. The molecule has 142 valence electrons. The zero-order valence-corrected chi connectivity index (χ0v) is 16.9. The van der Waals surface area contributed by atoms with Crippen LogP contribution in [-0.2, 0) is 18.0 Å². The summed E-state index contributed by atoms with van der Waals surface area (Å²) in [4.78, 5) is 28.0. The van der Waals surface area contributed by atoms with Crippen LogP contribution < -0.4 is 10.2 Å². The summed E-state index contributed by atoms with van der Waals surface area (Å²) in [5.74, 6) is -0.0613. The Balaban J connectivity index is 1.84. The van der Waals surface area contributed by atoms with Crippen LogP contribution >= 0.6 is 15.9 Å². The molecule has 0 unspecified atom stereocenters. The second kappa shape index (κ2) is 7.13. The molecule has 0 bridgehead atoms. The molecule has 27 heavy (non-hydrogen) atoms. The minimum absolute atomic E-state index is 0.0253. The molecule has 1 aromatic heterocycles. The molecule has 3 heterocycles. The van der Waals surface area contributed by atoms with E-state index in [0.29, 0.717) is 35.6 Å². The van der Waals surface area contributed by atoms with Gasteiger partial charge in [-0.3, -0.25) is 9.59 Å². The van der Waals surface area contributed by atoms with Crippen LogP contribution in [0.25, 0.3) is 0 Å². The van der Waals surface area contributed by atoms with Gasteiger partial charge in [0.15, 0.2) is 11.4 Å². The number of rotatable bonds is 4. The number of hydrogen-bond acceptors (Lipinski definition) is 4. The van der Waals surface area contributed by atoms with Gasteiger partial charge < -0.3 is 18.9 Å². The summed E-state index contributed by atoms with van der Waals surface area (Å²) in [5, 5.41) is 0. The fourth-order valence-electron chi connectivity index (χ4n) is 3.68. The molecule has 0 fully saturated rings. The largest absolute Gasteiger partial charge is 0.483 e. The molecule has 0 N–H and O–H groups in total. The number of nitrogens with zero attached hydrogens (tertiary/aromatic N) is 2. The van der Waals surface area contributed by atoms with Crippen molar-refractivity contribution < 1.29 is 14.3 Å². The van der Waals surface area contributed by atoms with Crippen molar-refractivity contribution in [2.45, 2.75) is 39.1 Å². The second-order valence-electron chi connectivity index (χ2n) is 7.13. The quantitative estimate of drug-likeness (QED) is 0.744. The van der Waals surface area contributed by atoms with Crippen LogP contribution in [0.4, 0.5) is 0 Å². The summed E-state index contributed by atoms with van der Waals surface area (Å²) in [6, 6.07) is 9.60. The summed E-state index contributed by atoms with van der Waals surface area (Å²) in [6.07, 6.45) is 0. The third-order valence-electron chi connectivity index (χ3n) is 5.04. The summed E-state index contributed by atoms with van der Waals surface area (Å²) in [5.41, 5.74) is 1.67. The average molecular weight is 433 g/mol. The Hall–Kier alpha value is -2.12. The topological polar surface area (TPSA) is 60.8 Å². The van der Waals surface area contributed by atoms with Crippen LogP contribution in [-0.4, -0.2) is 34.6 Å².